The van der Waals surface area contributed by atoms with E-state index in [9.17, 15) is 22.8 Å². The molecule has 2 amide bonds. The minimum atomic E-state index is -4.55. The summed E-state index contributed by atoms with van der Waals surface area (Å²) in [6, 6.07) is 19.8. The molecule has 0 bridgehead atoms. The largest absolute Gasteiger partial charge is 0.497 e. The summed E-state index contributed by atoms with van der Waals surface area (Å²) in [5.41, 5.74) is 7.95. The van der Waals surface area contributed by atoms with Crippen LogP contribution in [0.15, 0.2) is 112 Å². The Kier molecular flexibility index (Phi) is 9.68. The van der Waals surface area contributed by atoms with Gasteiger partial charge in [0, 0.05) is 36.8 Å². The summed E-state index contributed by atoms with van der Waals surface area (Å²) in [6.45, 7) is 0.622. The molecule has 1 atom stereocenters. The maximum absolute atomic E-state index is 13.3. The van der Waals surface area contributed by atoms with Gasteiger partial charge < -0.3 is 30.6 Å². The second kappa shape index (κ2) is 14.3. The number of hydrogen-bond acceptors (Lipinski definition) is 8. The van der Waals surface area contributed by atoms with Crippen LogP contribution in [-0.4, -0.2) is 50.9 Å². The van der Waals surface area contributed by atoms with E-state index in [1.165, 1.54) is 6.34 Å². The normalized spacial score (nSPS) is 15.6. The molecule has 10 nitrogen and oxygen atoms in total. The zero-order valence-corrected chi connectivity index (χ0v) is 27.0. The van der Waals surface area contributed by atoms with Crippen LogP contribution in [0, 0.1) is 0 Å². The van der Waals surface area contributed by atoms with E-state index in [4.69, 9.17) is 19.9 Å². The molecule has 0 aromatic heterocycles. The van der Waals surface area contributed by atoms with Gasteiger partial charge >= 0.3 is 6.18 Å². The van der Waals surface area contributed by atoms with Crippen LogP contribution in [0.25, 0.3) is 10.8 Å². The molecule has 2 aliphatic rings. The Balaban J connectivity index is 1.10. The lowest BCUT2D eigenvalue weighted by atomic mass is 9.92. The Morgan fingerprint density at radius 2 is 1.78 bits per heavy atom. The first-order valence-electron chi connectivity index (χ1n) is 15.5. The lowest BCUT2D eigenvalue weighted by Crippen LogP contribution is -2.28. The van der Waals surface area contributed by atoms with Gasteiger partial charge in [0.1, 0.15) is 17.8 Å². The van der Waals surface area contributed by atoms with Gasteiger partial charge in [-0.2, -0.15) is 13.2 Å². The fourth-order valence-corrected chi connectivity index (χ4v) is 5.69. The molecule has 50 heavy (non-hydrogen) atoms. The molecule has 0 radical (unpaired) electrons. The number of allylic oxidation sites excluding steroid dienone is 1. The molecule has 0 fully saturated rings. The van der Waals surface area contributed by atoms with Crippen LogP contribution >= 0.6 is 0 Å². The van der Waals surface area contributed by atoms with Gasteiger partial charge in [0.15, 0.2) is 0 Å². The summed E-state index contributed by atoms with van der Waals surface area (Å²) in [7, 11) is 3.24. The number of aliphatic imine (C=N–C) groups is 2. The molecule has 1 heterocycles. The van der Waals surface area contributed by atoms with Gasteiger partial charge in [0.2, 0.25) is 5.90 Å². The molecule has 1 aliphatic carbocycles. The first-order chi connectivity index (χ1) is 24.0. The second-order valence-electron chi connectivity index (χ2n) is 11.5. The predicted octanol–water partition coefficient (Wildman–Crippen LogP) is 6.69. The molecule has 0 spiro atoms. The van der Waals surface area contributed by atoms with Gasteiger partial charge in [-0.05, 0) is 82.6 Å². The van der Waals surface area contributed by atoms with Crippen LogP contribution in [0.1, 0.15) is 38.3 Å². The van der Waals surface area contributed by atoms with Crippen LogP contribution in [0.5, 0.6) is 5.75 Å². The number of amides is 2. The number of benzene rings is 4. The topological polar surface area (TPSA) is 137 Å². The molecule has 1 aliphatic heterocycles. The predicted molar refractivity (Wildman–Crippen MR) is 184 cm³/mol. The van der Waals surface area contributed by atoms with Crippen molar-refractivity contribution in [1.82, 2.24) is 5.32 Å². The number of anilines is 2. The summed E-state index contributed by atoms with van der Waals surface area (Å²) >= 11 is 0. The lowest BCUT2D eigenvalue weighted by Gasteiger charge is -2.27. The number of halogens is 3. The molecule has 0 saturated carbocycles. The van der Waals surface area contributed by atoms with Crippen LogP contribution in [0.3, 0.4) is 0 Å². The van der Waals surface area contributed by atoms with Crippen LogP contribution in [0.4, 0.5) is 24.5 Å². The monoisotopic (exact) mass is 683 g/mol. The third-order valence-corrected chi connectivity index (χ3v) is 8.25. The van der Waals surface area contributed by atoms with Crippen LogP contribution in [0.2, 0.25) is 0 Å². The van der Waals surface area contributed by atoms with E-state index < -0.39 is 17.6 Å². The number of nitrogens with one attached hydrogen (secondary N) is 2. The number of alkyl halides is 3. The number of ether oxygens (including phenoxy) is 3. The summed E-state index contributed by atoms with van der Waals surface area (Å²) in [4.78, 5) is 34.8. The minimum absolute atomic E-state index is 0.0653. The fraction of sp³-hybridized carbons (Fsp3) is 0.189. The maximum Gasteiger partial charge on any atom is 0.416 e. The molecule has 4 aromatic carbocycles. The zero-order chi connectivity index (χ0) is 35.4. The highest BCUT2D eigenvalue weighted by Gasteiger charge is 2.31. The standard InChI is InChI=1S/C37H32F3N5O5/c1-48-19-24-15-32-29(17-33(24)49-2)36(44-20-43-32)50-26-11-12-27-23(14-26)4-3-5-28(27)35(47)42-18-21-6-8-22(9-7-21)34(46)45-31-13-10-25(16-30(31)41)37(38,39)40/h3-14,16-17,20,32H,15,18-19,41H2,1-2H3,(H,42,47)(H,45,46). The van der Waals surface area contributed by atoms with Crippen molar-refractivity contribution < 1.29 is 37.0 Å². The molecule has 13 heteroatoms. The number of nitrogen functional groups attached to an aromatic ring is 1. The van der Waals surface area contributed by atoms with Crippen molar-refractivity contribution in [3.05, 3.63) is 124 Å². The molecular weight excluding hydrogens is 651 g/mol. The second-order valence-corrected chi connectivity index (χ2v) is 11.5. The van der Waals surface area contributed by atoms with Crippen molar-refractivity contribution >= 4 is 46.2 Å². The van der Waals surface area contributed by atoms with Gasteiger partial charge in [-0.1, -0.05) is 24.3 Å². The summed E-state index contributed by atoms with van der Waals surface area (Å²) < 4.78 is 55.9. The highest BCUT2D eigenvalue weighted by Crippen LogP contribution is 2.34. The number of methoxy groups -OCH3 is 2. The summed E-state index contributed by atoms with van der Waals surface area (Å²) in [5.74, 6) is 0.816. The quantitative estimate of drug-likeness (QED) is 0.168. The van der Waals surface area contributed by atoms with Crippen LogP contribution in [-0.2, 0) is 22.2 Å². The molecular formula is C37H32F3N5O5. The number of nitrogens with zero attached hydrogens (tertiary/aromatic N) is 2. The Morgan fingerprint density at radius 1 is 0.980 bits per heavy atom. The highest BCUT2D eigenvalue weighted by atomic mass is 19.4. The van der Waals surface area contributed by atoms with Crippen molar-refractivity contribution in [2.24, 2.45) is 9.98 Å². The van der Waals surface area contributed by atoms with Crippen molar-refractivity contribution in [3.8, 4) is 5.75 Å². The van der Waals surface area contributed by atoms with Crippen molar-refractivity contribution in [3.63, 3.8) is 0 Å². The third-order valence-electron chi connectivity index (χ3n) is 8.25. The molecule has 6 rings (SSSR count). The SMILES string of the molecule is COCC1=C(OC)C=C2C(Oc3ccc4c(C(=O)NCc5ccc(C(=O)Nc6ccc(C(F)(F)F)cc6N)cc5)cccc4c3)=NC=NC2C1. The summed E-state index contributed by atoms with van der Waals surface area (Å²) in [6.07, 6.45) is -0.552. The molecule has 256 valence electrons. The Hall–Kier alpha value is -5.95. The highest BCUT2D eigenvalue weighted by molar-refractivity contribution is 6.08. The van der Waals surface area contributed by atoms with E-state index in [1.54, 1.807) is 56.7 Å². The first kappa shape index (κ1) is 33.9. The lowest BCUT2D eigenvalue weighted by molar-refractivity contribution is -0.137. The van der Waals surface area contributed by atoms with Gasteiger partial charge in [-0.3, -0.25) is 14.6 Å². The van der Waals surface area contributed by atoms with E-state index >= 15 is 0 Å². The number of hydrogen-bond donors (Lipinski definition) is 3. The van der Waals surface area contributed by atoms with E-state index in [-0.39, 0.29) is 35.4 Å². The maximum atomic E-state index is 13.3. The number of carbonyl (C=O) groups is 2. The molecule has 1 unspecified atom stereocenters. The number of fused-ring (bicyclic) bond motifs is 2. The van der Waals surface area contributed by atoms with E-state index in [1.807, 2.05) is 24.3 Å². The third kappa shape index (κ3) is 7.37. The van der Waals surface area contributed by atoms with Gasteiger partial charge in [0.05, 0.1) is 36.7 Å². The Labute approximate surface area is 285 Å². The van der Waals surface area contributed by atoms with Gasteiger partial charge in [-0.15, -0.1) is 0 Å². The zero-order valence-electron chi connectivity index (χ0n) is 27.0. The summed E-state index contributed by atoms with van der Waals surface area (Å²) in [5, 5.41) is 6.95. The van der Waals surface area contributed by atoms with Gasteiger partial charge in [-0.25, -0.2) is 4.99 Å². The smallest absolute Gasteiger partial charge is 0.416 e. The average Bonchev–Trinajstić information content (AvgIpc) is 3.10. The fourth-order valence-electron chi connectivity index (χ4n) is 5.69. The number of rotatable bonds is 9. The van der Waals surface area contributed by atoms with E-state index in [0.29, 0.717) is 36.0 Å². The van der Waals surface area contributed by atoms with Crippen molar-refractivity contribution in [2.45, 2.75) is 25.2 Å². The van der Waals surface area contributed by atoms with E-state index in [2.05, 4.69) is 20.6 Å². The Bertz CT molecular complexity index is 2090. The van der Waals surface area contributed by atoms with Gasteiger partial charge in [0.25, 0.3) is 11.8 Å². The van der Waals surface area contributed by atoms with E-state index in [0.717, 1.165) is 45.7 Å². The number of nitrogens with two attached hydrogens (primary N) is 1. The minimum Gasteiger partial charge on any atom is -0.497 e. The number of carbonyl (C=O) groups excluding carboxylic acids is 2. The van der Waals surface area contributed by atoms with Crippen molar-refractivity contribution in [2.75, 3.05) is 31.9 Å². The van der Waals surface area contributed by atoms with Crippen molar-refractivity contribution in [1.29, 1.82) is 0 Å². The molecule has 0 saturated heterocycles. The van der Waals surface area contributed by atoms with Crippen LogP contribution < -0.4 is 21.1 Å². The Morgan fingerprint density at radius 3 is 2.50 bits per heavy atom. The molecule has 4 N–H and O–H groups in total. The molecule has 4 aromatic rings. The average molecular weight is 684 g/mol. The first-order valence-corrected chi connectivity index (χ1v) is 15.5.